The van der Waals surface area contributed by atoms with Crippen molar-refractivity contribution < 1.29 is 42.9 Å². The number of carbonyl (C=O) groups is 3. The summed E-state index contributed by atoms with van der Waals surface area (Å²) in [6.07, 6.45) is -5.67. The first kappa shape index (κ1) is 21.5. The molecule has 1 saturated heterocycles. The van der Waals surface area contributed by atoms with Gasteiger partial charge in [0.05, 0.1) is 0 Å². The molecule has 0 amide bonds. The number of carbonyl (C=O) groups excluding carboxylic acids is 3. The third-order valence-corrected chi connectivity index (χ3v) is 4.13. The highest BCUT2D eigenvalue weighted by molar-refractivity contribution is 6.69. The lowest BCUT2D eigenvalue weighted by molar-refractivity contribution is -0.290. The quantitative estimate of drug-likeness (QED) is 0.397. The van der Waals surface area contributed by atoms with E-state index in [2.05, 4.69) is 0 Å². The van der Waals surface area contributed by atoms with Gasteiger partial charge in [-0.15, -0.1) is 0 Å². The van der Waals surface area contributed by atoms with Crippen LogP contribution in [0.1, 0.15) is 20.8 Å². The summed E-state index contributed by atoms with van der Waals surface area (Å²) >= 11 is 0. The van der Waals surface area contributed by atoms with Crippen LogP contribution in [-0.2, 0) is 37.8 Å². The van der Waals surface area contributed by atoms with E-state index in [1.807, 2.05) is 19.6 Å². The number of ether oxygens (including phenoxy) is 4. The van der Waals surface area contributed by atoms with Gasteiger partial charge in [-0.05, 0) is 19.6 Å². The van der Waals surface area contributed by atoms with E-state index >= 15 is 0 Å². The summed E-state index contributed by atoms with van der Waals surface area (Å²) in [6.45, 7) is 9.12. The van der Waals surface area contributed by atoms with Gasteiger partial charge in [0.15, 0.2) is 26.8 Å². The van der Waals surface area contributed by atoms with Gasteiger partial charge in [-0.3, -0.25) is 14.4 Å². The van der Waals surface area contributed by atoms with Crippen LogP contribution in [0.4, 0.5) is 0 Å². The average molecular weight is 378 g/mol. The van der Waals surface area contributed by atoms with Crippen LogP contribution in [0, 0.1) is 0 Å². The molecule has 0 aliphatic carbocycles. The van der Waals surface area contributed by atoms with E-state index in [0.717, 1.165) is 6.92 Å². The minimum Gasteiger partial charge on any atom is -0.463 e. The van der Waals surface area contributed by atoms with Crippen molar-refractivity contribution in [3.63, 3.8) is 0 Å². The van der Waals surface area contributed by atoms with Crippen molar-refractivity contribution in [2.45, 2.75) is 71.1 Å². The zero-order chi connectivity index (χ0) is 19.4. The Morgan fingerprint density at radius 2 is 1.44 bits per heavy atom. The lowest BCUT2D eigenvalue weighted by Gasteiger charge is -2.45. The molecule has 1 unspecified atom stereocenters. The Bertz CT molecular complexity index is 502. The lowest BCUT2D eigenvalue weighted by atomic mass is 9.98. The Hall–Kier alpha value is -1.49. The summed E-state index contributed by atoms with van der Waals surface area (Å²) in [5.41, 5.74) is 0. The highest BCUT2D eigenvalue weighted by Crippen LogP contribution is 2.29. The van der Waals surface area contributed by atoms with Crippen molar-refractivity contribution in [3.8, 4) is 0 Å². The molecule has 0 spiro atoms. The molecule has 1 fully saturated rings. The van der Waals surface area contributed by atoms with Crippen LogP contribution in [0.3, 0.4) is 0 Å². The van der Waals surface area contributed by atoms with Gasteiger partial charge in [-0.2, -0.15) is 0 Å². The molecular weight excluding hydrogens is 352 g/mol. The molecular formula is C15H26O9Si. The average Bonchev–Trinajstić information content (AvgIpc) is 2.41. The monoisotopic (exact) mass is 378 g/mol. The SMILES string of the molecule is CC(=O)OC[C@H]1OC(O)[C@H](OC(C)=O)[C@@H](OC(C)=O)[C@H]1O[Si](C)(C)C. The third-order valence-electron chi connectivity index (χ3n) is 3.15. The Kier molecular flexibility index (Phi) is 7.54. The third kappa shape index (κ3) is 7.10. The topological polar surface area (TPSA) is 118 Å². The number of aliphatic hydroxyl groups is 1. The smallest absolute Gasteiger partial charge is 0.303 e. The molecule has 0 aromatic rings. The van der Waals surface area contributed by atoms with Crippen LogP contribution in [0.25, 0.3) is 0 Å². The second-order valence-corrected chi connectivity index (χ2v) is 11.2. The molecule has 25 heavy (non-hydrogen) atoms. The Balaban J connectivity index is 3.16. The summed E-state index contributed by atoms with van der Waals surface area (Å²) in [5, 5.41) is 10.2. The molecule has 0 aromatic heterocycles. The van der Waals surface area contributed by atoms with Crippen molar-refractivity contribution >= 4 is 26.2 Å². The highest BCUT2D eigenvalue weighted by Gasteiger charge is 2.51. The van der Waals surface area contributed by atoms with Crippen molar-refractivity contribution in [1.82, 2.24) is 0 Å². The second kappa shape index (κ2) is 8.74. The molecule has 5 atom stereocenters. The molecule has 1 heterocycles. The maximum Gasteiger partial charge on any atom is 0.303 e. The van der Waals surface area contributed by atoms with Crippen molar-refractivity contribution in [3.05, 3.63) is 0 Å². The molecule has 0 aromatic carbocycles. The molecule has 1 aliphatic heterocycles. The van der Waals surface area contributed by atoms with E-state index in [4.69, 9.17) is 23.4 Å². The fraction of sp³-hybridized carbons (Fsp3) is 0.800. The molecule has 0 radical (unpaired) electrons. The molecule has 1 rings (SSSR count). The molecule has 1 N–H and O–H groups in total. The highest BCUT2D eigenvalue weighted by atomic mass is 28.4. The predicted octanol–water partition coefficient (Wildman–Crippen LogP) is 0.350. The van der Waals surface area contributed by atoms with E-state index in [1.54, 1.807) is 0 Å². The van der Waals surface area contributed by atoms with Gasteiger partial charge in [0, 0.05) is 20.8 Å². The lowest BCUT2D eigenvalue weighted by Crippen LogP contribution is -2.63. The van der Waals surface area contributed by atoms with Crippen LogP contribution in [0.2, 0.25) is 19.6 Å². The fourth-order valence-corrected chi connectivity index (χ4v) is 3.52. The van der Waals surface area contributed by atoms with Crippen LogP contribution in [0.15, 0.2) is 0 Å². The van der Waals surface area contributed by atoms with Gasteiger partial charge in [0.1, 0.15) is 18.8 Å². The minimum atomic E-state index is -2.16. The Morgan fingerprint density at radius 3 is 1.88 bits per heavy atom. The zero-order valence-electron chi connectivity index (χ0n) is 15.3. The number of hydrogen-bond acceptors (Lipinski definition) is 9. The second-order valence-electron chi connectivity index (χ2n) is 6.71. The molecule has 1 aliphatic rings. The molecule has 0 saturated carbocycles. The first-order chi connectivity index (χ1) is 11.4. The van der Waals surface area contributed by atoms with Crippen molar-refractivity contribution in [2.75, 3.05) is 6.61 Å². The van der Waals surface area contributed by atoms with E-state index in [0.29, 0.717) is 0 Å². The Labute approximate surface area is 147 Å². The largest absolute Gasteiger partial charge is 0.463 e. The van der Waals surface area contributed by atoms with Crippen LogP contribution >= 0.6 is 0 Å². The fourth-order valence-electron chi connectivity index (χ4n) is 2.42. The number of rotatable bonds is 6. The summed E-state index contributed by atoms with van der Waals surface area (Å²) in [5.74, 6) is -1.84. The standard InChI is InChI=1S/C15H26O9Si/c1-8(16)20-7-11-12(24-25(4,5)6)13(21-9(2)17)14(15(19)23-11)22-10(3)18/h11-15,19H,7H2,1-6H3/t11-,12+,13+,14-,15?/m1/s1. The van der Waals surface area contributed by atoms with Crippen LogP contribution < -0.4 is 0 Å². The van der Waals surface area contributed by atoms with E-state index in [1.165, 1.54) is 13.8 Å². The van der Waals surface area contributed by atoms with Gasteiger partial charge in [-0.25, -0.2) is 0 Å². The van der Waals surface area contributed by atoms with Crippen molar-refractivity contribution in [2.24, 2.45) is 0 Å². The van der Waals surface area contributed by atoms with Crippen molar-refractivity contribution in [1.29, 1.82) is 0 Å². The number of aliphatic hydroxyl groups excluding tert-OH is 1. The first-order valence-electron chi connectivity index (χ1n) is 7.90. The minimum absolute atomic E-state index is 0.202. The molecule has 144 valence electrons. The molecule has 10 heteroatoms. The predicted molar refractivity (Wildman–Crippen MR) is 86.8 cm³/mol. The van der Waals surface area contributed by atoms with E-state index in [-0.39, 0.29) is 6.61 Å². The summed E-state index contributed by atoms with van der Waals surface area (Å²) in [4.78, 5) is 34.0. The maximum absolute atomic E-state index is 11.5. The van der Waals surface area contributed by atoms with Gasteiger partial charge < -0.3 is 28.5 Å². The summed E-state index contributed by atoms with van der Waals surface area (Å²) in [7, 11) is -2.16. The van der Waals surface area contributed by atoms with Gasteiger partial charge in [-0.1, -0.05) is 0 Å². The number of hydrogen-bond donors (Lipinski definition) is 1. The summed E-state index contributed by atoms with van der Waals surface area (Å²) < 4.78 is 26.8. The zero-order valence-corrected chi connectivity index (χ0v) is 16.3. The van der Waals surface area contributed by atoms with Crippen LogP contribution in [0.5, 0.6) is 0 Å². The normalized spacial score (nSPS) is 29.6. The molecule has 0 bridgehead atoms. The maximum atomic E-state index is 11.5. The summed E-state index contributed by atoms with van der Waals surface area (Å²) in [6, 6.07) is 0. The van der Waals surface area contributed by atoms with Gasteiger partial charge >= 0.3 is 17.9 Å². The van der Waals surface area contributed by atoms with Gasteiger partial charge in [0.2, 0.25) is 0 Å². The van der Waals surface area contributed by atoms with E-state index < -0.39 is 56.9 Å². The first-order valence-corrected chi connectivity index (χ1v) is 11.3. The Morgan fingerprint density at radius 1 is 0.920 bits per heavy atom. The van der Waals surface area contributed by atoms with Crippen LogP contribution in [-0.4, -0.2) is 68.6 Å². The molecule has 9 nitrogen and oxygen atoms in total. The van der Waals surface area contributed by atoms with Gasteiger partial charge in [0.25, 0.3) is 0 Å². The number of esters is 3. The van der Waals surface area contributed by atoms with E-state index in [9.17, 15) is 19.5 Å².